The largest absolute Gasteiger partial charge is 0.399 e. The van der Waals surface area contributed by atoms with E-state index in [1.807, 2.05) is 35.2 Å². The number of benzene rings is 1. The van der Waals surface area contributed by atoms with Crippen molar-refractivity contribution < 1.29 is 9.59 Å². The Balaban J connectivity index is 1.41. The summed E-state index contributed by atoms with van der Waals surface area (Å²) in [4.78, 5) is 30.3. The molecular formula is C24H30N4O2. The van der Waals surface area contributed by atoms with E-state index in [9.17, 15) is 9.59 Å². The highest BCUT2D eigenvalue weighted by molar-refractivity contribution is 5.96. The normalized spacial score (nSPS) is 15.2. The minimum absolute atomic E-state index is 0.0624. The summed E-state index contributed by atoms with van der Waals surface area (Å²) in [6, 6.07) is 10.9. The van der Waals surface area contributed by atoms with Crippen LogP contribution < -0.4 is 11.5 Å². The number of rotatable bonds is 8. The van der Waals surface area contributed by atoms with Gasteiger partial charge in [-0.15, -0.1) is 0 Å². The minimum atomic E-state index is -0.368. The summed E-state index contributed by atoms with van der Waals surface area (Å²) in [6.45, 7) is 1.57. The van der Waals surface area contributed by atoms with Crippen LogP contribution in [0.2, 0.25) is 0 Å². The molecule has 0 atom stereocenters. The van der Waals surface area contributed by atoms with Gasteiger partial charge in [-0.05, 0) is 67.5 Å². The molecule has 1 aliphatic heterocycles. The highest BCUT2D eigenvalue weighted by atomic mass is 16.2. The molecule has 2 amide bonds. The zero-order valence-electron chi connectivity index (χ0n) is 17.3. The Labute approximate surface area is 178 Å². The summed E-state index contributed by atoms with van der Waals surface area (Å²) in [6.07, 6.45) is 11.1. The lowest BCUT2D eigenvalue weighted by atomic mass is 9.90. The molecule has 0 saturated carbocycles. The number of primary amides is 1. The quantitative estimate of drug-likeness (QED) is 0.397. The van der Waals surface area contributed by atoms with Gasteiger partial charge in [-0.2, -0.15) is 0 Å². The number of piperidine rings is 1. The van der Waals surface area contributed by atoms with Crippen LogP contribution in [0.15, 0.2) is 54.4 Å². The van der Waals surface area contributed by atoms with Crippen LogP contribution in [0.4, 0.5) is 5.69 Å². The maximum Gasteiger partial charge on any atom is 0.253 e. The van der Waals surface area contributed by atoms with Crippen molar-refractivity contribution in [3.05, 3.63) is 65.5 Å². The lowest BCUT2D eigenvalue weighted by Gasteiger charge is -2.32. The van der Waals surface area contributed by atoms with E-state index in [0.29, 0.717) is 29.2 Å². The van der Waals surface area contributed by atoms with Crippen LogP contribution in [-0.4, -0.2) is 34.8 Å². The summed E-state index contributed by atoms with van der Waals surface area (Å²) in [7, 11) is 0. The van der Waals surface area contributed by atoms with Crippen LogP contribution in [0.25, 0.3) is 6.08 Å². The van der Waals surface area contributed by atoms with Gasteiger partial charge < -0.3 is 16.4 Å². The SMILES string of the molecule is NC(=O)C(=Cc1cccnc1)CCCCC1CCN(C(=O)c2cccc(N)c2)CC1. The van der Waals surface area contributed by atoms with E-state index in [1.165, 1.54) is 0 Å². The molecule has 0 radical (unpaired) electrons. The van der Waals surface area contributed by atoms with Crippen LogP contribution in [0.5, 0.6) is 0 Å². The number of hydrogen-bond acceptors (Lipinski definition) is 4. The molecule has 1 aliphatic rings. The Morgan fingerprint density at radius 2 is 1.93 bits per heavy atom. The number of amides is 2. The molecule has 6 nitrogen and oxygen atoms in total. The van der Waals surface area contributed by atoms with Gasteiger partial charge in [0.2, 0.25) is 5.91 Å². The lowest BCUT2D eigenvalue weighted by Crippen LogP contribution is -2.38. The van der Waals surface area contributed by atoms with Crippen LogP contribution in [0, 0.1) is 5.92 Å². The summed E-state index contributed by atoms with van der Waals surface area (Å²) < 4.78 is 0. The van der Waals surface area contributed by atoms with Gasteiger partial charge in [-0.25, -0.2) is 0 Å². The first kappa shape index (κ1) is 21.6. The molecule has 0 aliphatic carbocycles. The van der Waals surface area contributed by atoms with Crippen molar-refractivity contribution >= 4 is 23.6 Å². The summed E-state index contributed by atoms with van der Waals surface area (Å²) in [5.41, 5.74) is 14.1. The molecular weight excluding hydrogens is 376 g/mol. The van der Waals surface area contributed by atoms with Gasteiger partial charge in [0.1, 0.15) is 0 Å². The Morgan fingerprint density at radius 1 is 1.13 bits per heavy atom. The molecule has 4 N–H and O–H groups in total. The zero-order valence-corrected chi connectivity index (χ0v) is 17.3. The fourth-order valence-corrected chi connectivity index (χ4v) is 3.96. The zero-order chi connectivity index (χ0) is 21.3. The van der Waals surface area contributed by atoms with E-state index in [1.54, 1.807) is 24.5 Å². The van der Waals surface area contributed by atoms with Gasteiger partial charge in [0.25, 0.3) is 5.91 Å². The molecule has 2 aromatic rings. The van der Waals surface area contributed by atoms with Gasteiger partial charge in [0, 0.05) is 42.3 Å². The maximum absolute atomic E-state index is 12.6. The number of nitrogens with zero attached hydrogens (tertiary/aromatic N) is 2. The van der Waals surface area contributed by atoms with Crippen molar-refractivity contribution in [3.63, 3.8) is 0 Å². The third kappa shape index (κ3) is 6.17. The molecule has 3 rings (SSSR count). The fraction of sp³-hybridized carbons (Fsp3) is 0.375. The number of likely N-dealkylation sites (tertiary alicyclic amines) is 1. The van der Waals surface area contributed by atoms with Crippen molar-refractivity contribution in [3.8, 4) is 0 Å². The molecule has 0 spiro atoms. The predicted octanol–water partition coefficient (Wildman–Crippen LogP) is 3.65. The third-order valence-electron chi connectivity index (χ3n) is 5.69. The lowest BCUT2D eigenvalue weighted by molar-refractivity contribution is -0.114. The Bertz CT molecular complexity index is 887. The predicted molar refractivity (Wildman–Crippen MR) is 119 cm³/mol. The number of aromatic nitrogens is 1. The number of hydrogen-bond donors (Lipinski definition) is 2. The van der Waals surface area contributed by atoms with Crippen LogP contribution in [-0.2, 0) is 4.79 Å². The highest BCUT2D eigenvalue weighted by Gasteiger charge is 2.23. The van der Waals surface area contributed by atoms with E-state index in [2.05, 4.69) is 4.98 Å². The van der Waals surface area contributed by atoms with Crippen LogP contribution >= 0.6 is 0 Å². The van der Waals surface area contributed by atoms with Gasteiger partial charge in [-0.1, -0.05) is 25.0 Å². The number of carbonyl (C=O) groups excluding carboxylic acids is 2. The van der Waals surface area contributed by atoms with E-state index in [4.69, 9.17) is 11.5 Å². The first-order chi connectivity index (χ1) is 14.5. The van der Waals surface area contributed by atoms with Gasteiger partial charge in [-0.3, -0.25) is 14.6 Å². The summed E-state index contributed by atoms with van der Waals surface area (Å²) >= 11 is 0. The van der Waals surface area contributed by atoms with Crippen molar-refractivity contribution in [1.82, 2.24) is 9.88 Å². The van der Waals surface area contributed by atoms with Crippen molar-refractivity contribution in [2.75, 3.05) is 18.8 Å². The van der Waals surface area contributed by atoms with Crippen molar-refractivity contribution in [2.45, 2.75) is 38.5 Å². The van der Waals surface area contributed by atoms with E-state index in [0.717, 1.165) is 50.8 Å². The number of unbranched alkanes of at least 4 members (excludes halogenated alkanes) is 1. The van der Waals surface area contributed by atoms with Gasteiger partial charge in [0.05, 0.1) is 0 Å². The summed E-state index contributed by atoms with van der Waals surface area (Å²) in [5.74, 6) is 0.314. The Hall–Kier alpha value is -3.15. The standard InChI is InChI=1S/C24H30N4O2/c25-22-9-3-8-21(16-22)24(30)28-13-10-18(11-14-28)5-1-2-7-20(23(26)29)15-19-6-4-12-27-17-19/h3-4,6,8-9,12,15-18H,1-2,5,7,10-11,13-14,25H2,(H2,26,29). The van der Waals surface area contributed by atoms with Crippen LogP contribution in [0.3, 0.4) is 0 Å². The molecule has 158 valence electrons. The first-order valence-electron chi connectivity index (χ1n) is 10.6. The molecule has 0 bridgehead atoms. The minimum Gasteiger partial charge on any atom is -0.399 e. The molecule has 1 saturated heterocycles. The number of pyridine rings is 1. The second kappa shape index (κ2) is 10.6. The molecule has 1 aromatic carbocycles. The maximum atomic E-state index is 12.6. The van der Waals surface area contributed by atoms with Crippen molar-refractivity contribution in [2.24, 2.45) is 11.7 Å². The van der Waals surface area contributed by atoms with Crippen LogP contribution in [0.1, 0.15) is 54.4 Å². The fourth-order valence-electron chi connectivity index (χ4n) is 3.96. The van der Waals surface area contributed by atoms with E-state index >= 15 is 0 Å². The molecule has 30 heavy (non-hydrogen) atoms. The smallest absolute Gasteiger partial charge is 0.253 e. The third-order valence-corrected chi connectivity index (χ3v) is 5.69. The van der Waals surface area contributed by atoms with Gasteiger partial charge in [0.15, 0.2) is 0 Å². The van der Waals surface area contributed by atoms with Crippen molar-refractivity contribution in [1.29, 1.82) is 0 Å². The number of nitrogen functional groups attached to an aromatic ring is 1. The molecule has 6 heteroatoms. The molecule has 1 aromatic heterocycles. The monoisotopic (exact) mass is 406 g/mol. The van der Waals surface area contributed by atoms with E-state index in [-0.39, 0.29) is 11.8 Å². The van der Waals surface area contributed by atoms with Gasteiger partial charge >= 0.3 is 0 Å². The Morgan fingerprint density at radius 3 is 2.60 bits per heavy atom. The average molecular weight is 407 g/mol. The Kier molecular flexibility index (Phi) is 7.60. The highest BCUT2D eigenvalue weighted by Crippen LogP contribution is 2.25. The second-order valence-corrected chi connectivity index (χ2v) is 7.93. The first-order valence-corrected chi connectivity index (χ1v) is 10.6. The topological polar surface area (TPSA) is 102 Å². The second-order valence-electron chi connectivity index (χ2n) is 7.93. The van der Waals surface area contributed by atoms with E-state index < -0.39 is 0 Å². The number of nitrogens with two attached hydrogens (primary N) is 2. The number of anilines is 1. The average Bonchev–Trinajstić information content (AvgIpc) is 2.76. The molecule has 0 unspecified atom stereocenters. The molecule has 2 heterocycles. The molecule has 1 fully saturated rings. The number of carbonyl (C=O) groups is 2. The summed E-state index contributed by atoms with van der Waals surface area (Å²) in [5, 5.41) is 0.